The molecule has 2 amide bonds. The van der Waals surface area contributed by atoms with Gasteiger partial charge in [0.2, 0.25) is 11.8 Å². The van der Waals surface area contributed by atoms with Gasteiger partial charge in [-0.1, -0.05) is 29.8 Å². The summed E-state index contributed by atoms with van der Waals surface area (Å²) in [6, 6.07) is 10.5. The quantitative estimate of drug-likeness (QED) is 0.265. The van der Waals surface area contributed by atoms with Crippen molar-refractivity contribution in [3.05, 3.63) is 85.4 Å². The van der Waals surface area contributed by atoms with Gasteiger partial charge in [0, 0.05) is 27.1 Å². The number of allylic oxidation sites excluding steroid dienone is 6. The van der Waals surface area contributed by atoms with Crippen molar-refractivity contribution >= 4 is 60.9 Å². The largest absolute Gasteiger partial charge is 0.503 e. The first-order chi connectivity index (χ1) is 18.6. The number of anilines is 1. The summed E-state index contributed by atoms with van der Waals surface area (Å²) in [4.78, 5) is 55.6. The zero-order valence-electron chi connectivity index (χ0n) is 21.0. The number of phenolic OH excluding ortho intramolecular Hbond substituents is 1. The SMILES string of the molecule is COc1cc([C@H]2C3=CC[C@@H]4C(=O)N(c5ccccc5)C(=O)[C@@H]4[C@@H]3CC3=C2C(=O)C(C)=CC3=O)c(Br)c(Br)c1O. The average Bonchev–Trinajstić information content (AvgIpc) is 3.20. The smallest absolute Gasteiger partial charge is 0.238 e. The number of amides is 2. The molecule has 1 N–H and O–H groups in total. The summed E-state index contributed by atoms with van der Waals surface area (Å²) in [5.41, 5.74) is 3.05. The molecule has 0 unspecified atom stereocenters. The highest BCUT2D eigenvalue weighted by Crippen LogP contribution is 2.57. The molecule has 2 aromatic carbocycles. The minimum absolute atomic E-state index is 0.107. The van der Waals surface area contributed by atoms with Gasteiger partial charge in [0.05, 0.1) is 29.1 Å². The molecule has 3 aliphatic carbocycles. The van der Waals surface area contributed by atoms with Crippen LogP contribution in [0.25, 0.3) is 0 Å². The number of ketones is 2. The van der Waals surface area contributed by atoms with Gasteiger partial charge in [-0.3, -0.25) is 24.1 Å². The fraction of sp³-hybridized carbons (Fsp3) is 0.267. The van der Waals surface area contributed by atoms with E-state index in [1.807, 2.05) is 12.1 Å². The minimum atomic E-state index is -0.673. The predicted molar refractivity (Wildman–Crippen MR) is 150 cm³/mol. The van der Waals surface area contributed by atoms with Crippen molar-refractivity contribution in [1.29, 1.82) is 0 Å². The molecule has 0 bridgehead atoms. The molecule has 0 radical (unpaired) electrons. The Bertz CT molecular complexity index is 1590. The number of rotatable bonds is 3. The Morgan fingerprint density at radius 2 is 1.72 bits per heavy atom. The van der Waals surface area contributed by atoms with Crippen LogP contribution in [-0.4, -0.2) is 35.6 Å². The van der Waals surface area contributed by atoms with Gasteiger partial charge in [0.25, 0.3) is 0 Å². The third-order valence-electron chi connectivity index (χ3n) is 8.28. The number of Topliss-reactive ketones (excluding diaryl/α,β-unsaturated/α-hetero) is 1. The van der Waals surface area contributed by atoms with Gasteiger partial charge >= 0.3 is 0 Å². The highest BCUT2D eigenvalue weighted by atomic mass is 79.9. The first kappa shape index (κ1) is 26.0. The molecule has 4 aliphatic rings. The van der Waals surface area contributed by atoms with E-state index in [-0.39, 0.29) is 41.3 Å². The van der Waals surface area contributed by atoms with Crippen molar-refractivity contribution in [3.8, 4) is 11.5 Å². The van der Waals surface area contributed by atoms with Gasteiger partial charge in [-0.25, -0.2) is 0 Å². The van der Waals surface area contributed by atoms with Crippen molar-refractivity contribution in [2.24, 2.45) is 17.8 Å². The Balaban J connectivity index is 1.55. The number of carbonyl (C=O) groups excluding carboxylic acids is 4. The molecule has 198 valence electrons. The van der Waals surface area contributed by atoms with E-state index in [4.69, 9.17) is 4.74 Å². The van der Waals surface area contributed by atoms with Crippen molar-refractivity contribution in [2.75, 3.05) is 12.0 Å². The Morgan fingerprint density at radius 3 is 2.41 bits per heavy atom. The van der Waals surface area contributed by atoms with E-state index >= 15 is 0 Å². The van der Waals surface area contributed by atoms with Gasteiger partial charge in [-0.15, -0.1) is 0 Å². The third kappa shape index (κ3) is 3.73. The molecule has 1 fully saturated rings. The van der Waals surface area contributed by atoms with Gasteiger partial charge < -0.3 is 9.84 Å². The Kier molecular flexibility index (Phi) is 6.26. The van der Waals surface area contributed by atoms with Crippen LogP contribution in [0, 0.1) is 17.8 Å². The molecule has 0 saturated carbocycles. The summed E-state index contributed by atoms with van der Waals surface area (Å²) in [6.07, 6.45) is 3.86. The number of carbonyl (C=O) groups is 4. The maximum Gasteiger partial charge on any atom is 0.238 e. The molecule has 0 spiro atoms. The number of methoxy groups -OCH3 is 1. The van der Waals surface area contributed by atoms with Crippen LogP contribution in [0.4, 0.5) is 5.69 Å². The molecule has 0 aromatic heterocycles. The van der Waals surface area contributed by atoms with Crippen molar-refractivity contribution in [2.45, 2.75) is 25.7 Å². The molecule has 1 aliphatic heterocycles. The molecule has 6 rings (SSSR count). The van der Waals surface area contributed by atoms with Crippen LogP contribution in [-0.2, 0) is 19.2 Å². The average molecular weight is 653 g/mol. The monoisotopic (exact) mass is 651 g/mol. The highest BCUT2D eigenvalue weighted by molar-refractivity contribution is 9.13. The molecule has 7 nitrogen and oxygen atoms in total. The summed E-state index contributed by atoms with van der Waals surface area (Å²) < 4.78 is 6.27. The molecule has 9 heteroatoms. The molecule has 4 atom stereocenters. The number of ether oxygens (including phenoxy) is 1. The number of para-hydroxylation sites is 1. The molecular formula is C30H23Br2NO6. The number of aromatic hydroxyl groups is 1. The highest BCUT2D eigenvalue weighted by Gasteiger charge is 2.56. The first-order valence-electron chi connectivity index (χ1n) is 12.5. The van der Waals surface area contributed by atoms with Crippen LogP contribution in [0.3, 0.4) is 0 Å². The Labute approximate surface area is 241 Å². The summed E-state index contributed by atoms with van der Waals surface area (Å²) in [5.74, 6) is -3.28. The molecule has 39 heavy (non-hydrogen) atoms. The number of benzene rings is 2. The third-order valence-corrected chi connectivity index (χ3v) is 10.4. The zero-order chi connectivity index (χ0) is 27.7. The second kappa shape index (κ2) is 9.41. The minimum Gasteiger partial charge on any atom is -0.503 e. The zero-order valence-corrected chi connectivity index (χ0v) is 24.2. The lowest BCUT2D eigenvalue weighted by Crippen LogP contribution is -2.40. The number of hydrogen-bond acceptors (Lipinski definition) is 6. The van der Waals surface area contributed by atoms with E-state index in [0.29, 0.717) is 43.3 Å². The number of nitrogens with zero attached hydrogens (tertiary/aromatic N) is 1. The van der Waals surface area contributed by atoms with E-state index in [9.17, 15) is 24.3 Å². The fourth-order valence-electron chi connectivity index (χ4n) is 6.53. The fourth-order valence-corrected chi connectivity index (χ4v) is 7.48. The van der Waals surface area contributed by atoms with Crippen LogP contribution >= 0.6 is 31.9 Å². The molecule has 1 saturated heterocycles. The summed E-state index contributed by atoms with van der Waals surface area (Å²) in [6.45, 7) is 1.62. The van der Waals surface area contributed by atoms with Gasteiger partial charge in [-0.2, -0.15) is 0 Å². The maximum atomic E-state index is 13.9. The van der Waals surface area contributed by atoms with E-state index in [1.54, 1.807) is 37.3 Å². The van der Waals surface area contributed by atoms with Crippen LogP contribution in [0.1, 0.15) is 31.2 Å². The van der Waals surface area contributed by atoms with Crippen LogP contribution in [0.5, 0.6) is 11.5 Å². The van der Waals surface area contributed by atoms with E-state index in [2.05, 4.69) is 31.9 Å². The number of imide groups is 1. The second-order valence-corrected chi connectivity index (χ2v) is 11.8. The lowest BCUT2D eigenvalue weighted by molar-refractivity contribution is -0.123. The summed E-state index contributed by atoms with van der Waals surface area (Å²) in [7, 11) is 1.43. The van der Waals surface area contributed by atoms with Gasteiger partial charge in [0.15, 0.2) is 23.1 Å². The van der Waals surface area contributed by atoms with Gasteiger partial charge in [0.1, 0.15) is 0 Å². The number of phenols is 1. The molecule has 2 aromatic rings. The first-order valence-corrected chi connectivity index (χ1v) is 14.1. The standard InChI is InChI=1S/C30H23Br2NO6/c1-13-10-20(34)18-11-17-15(8-9-16-23(17)30(38)33(29(16)37)14-6-4-3-5-7-14)22(24(18)27(13)35)19-12-21(39-2)28(36)26(32)25(19)31/h3-8,10,12,16-17,22-23,36H,9,11H2,1-2H3/t16-,17+,22+,23-/m0/s1. The number of fused-ring (bicyclic) bond motifs is 3. The Morgan fingerprint density at radius 1 is 1.00 bits per heavy atom. The second-order valence-electron chi connectivity index (χ2n) is 10.2. The lowest BCUT2D eigenvalue weighted by Gasteiger charge is -2.42. The number of halogens is 2. The Hall–Kier alpha value is -3.30. The van der Waals surface area contributed by atoms with Crippen molar-refractivity contribution in [1.82, 2.24) is 0 Å². The lowest BCUT2D eigenvalue weighted by atomic mass is 9.59. The number of hydrogen-bond donors (Lipinski definition) is 1. The van der Waals surface area contributed by atoms with Crippen LogP contribution in [0.15, 0.2) is 79.8 Å². The van der Waals surface area contributed by atoms with E-state index < -0.39 is 23.7 Å². The molecule has 1 heterocycles. The molecular weight excluding hydrogens is 630 g/mol. The van der Waals surface area contributed by atoms with E-state index in [0.717, 1.165) is 5.57 Å². The predicted octanol–water partition coefficient (Wildman–Crippen LogP) is 5.56. The van der Waals surface area contributed by atoms with Crippen molar-refractivity contribution in [3.63, 3.8) is 0 Å². The van der Waals surface area contributed by atoms with Crippen LogP contribution in [0.2, 0.25) is 0 Å². The normalized spacial score (nSPS) is 26.2. The van der Waals surface area contributed by atoms with Gasteiger partial charge in [-0.05, 0) is 87.4 Å². The summed E-state index contributed by atoms with van der Waals surface area (Å²) >= 11 is 7.00. The topological polar surface area (TPSA) is 101 Å². The maximum absolute atomic E-state index is 13.9. The van der Waals surface area contributed by atoms with Crippen LogP contribution < -0.4 is 9.64 Å². The van der Waals surface area contributed by atoms with E-state index in [1.165, 1.54) is 18.1 Å². The van der Waals surface area contributed by atoms with Crippen molar-refractivity contribution < 1.29 is 29.0 Å². The summed E-state index contributed by atoms with van der Waals surface area (Å²) in [5, 5.41) is 10.6.